The largest absolute Gasteiger partial charge is 0.465 e. The Morgan fingerprint density at radius 2 is 2.05 bits per heavy atom. The maximum absolute atomic E-state index is 16.7. The van der Waals surface area contributed by atoms with Gasteiger partial charge in [0.15, 0.2) is 5.82 Å². The van der Waals surface area contributed by atoms with Gasteiger partial charge in [-0.05, 0) is 42.5 Å². The summed E-state index contributed by atoms with van der Waals surface area (Å²) in [7, 11) is 1.63. The van der Waals surface area contributed by atoms with E-state index in [9.17, 15) is 20.0 Å². The van der Waals surface area contributed by atoms with E-state index in [2.05, 4.69) is 21.5 Å². The molecule has 1 aliphatic rings. The number of pyridine rings is 1. The van der Waals surface area contributed by atoms with E-state index in [1.807, 2.05) is 31.2 Å². The number of aromatic amines is 1. The Labute approximate surface area is 220 Å². The van der Waals surface area contributed by atoms with Crippen molar-refractivity contribution in [3.05, 3.63) is 52.4 Å². The number of benzene rings is 1. The van der Waals surface area contributed by atoms with Crippen LogP contribution in [0.15, 0.2) is 41.3 Å². The fraction of sp³-hybridized carbons (Fsp3) is 0.481. The van der Waals surface area contributed by atoms with Gasteiger partial charge >= 0.3 is 6.09 Å². The average Bonchev–Trinajstić information content (AvgIpc) is 3.24. The topological polar surface area (TPSA) is 136 Å². The van der Waals surface area contributed by atoms with Crippen LogP contribution < -0.4 is 10.9 Å². The molecule has 3 heterocycles. The van der Waals surface area contributed by atoms with Gasteiger partial charge in [-0.3, -0.25) is 9.48 Å². The molecule has 0 bridgehead atoms. The number of fused-ring (bicyclic) bond motifs is 1. The molecule has 0 aliphatic carbocycles. The summed E-state index contributed by atoms with van der Waals surface area (Å²) < 4.78 is 23.5. The quantitative estimate of drug-likeness (QED) is 0.416. The minimum absolute atomic E-state index is 0.0197. The molecule has 1 aromatic carbocycles. The maximum atomic E-state index is 16.7. The Morgan fingerprint density at radius 3 is 2.63 bits per heavy atom. The molecular weight excluding hydrogens is 491 g/mol. The summed E-state index contributed by atoms with van der Waals surface area (Å²) in [5.74, 6) is 0.215. The van der Waals surface area contributed by atoms with Gasteiger partial charge in [0.1, 0.15) is 17.1 Å². The third kappa shape index (κ3) is 4.60. The molecule has 2 aromatic heterocycles. The number of halogens is 1. The molecule has 38 heavy (non-hydrogen) atoms. The standard InChI is InChI=1S/C27H33FN6O4/c1-16(38-5)17-6-8-18(9-7-17)31-23-20-19(10-14-30-24(20)35)34(32-23)27(11-13-29)12-15-33(25(36)37)22(21(27)28)26(2,3)4/h6-10,14,16,21-22H,11-12,15H2,1-5H3,(H,30,35)(H,31,32)(H,36,37). The molecular formula is C27H33FN6O4. The van der Waals surface area contributed by atoms with Crippen LogP contribution in [0.1, 0.15) is 52.2 Å². The first-order chi connectivity index (χ1) is 17.9. The number of ether oxygens (including phenoxy) is 1. The van der Waals surface area contributed by atoms with Gasteiger partial charge in [-0.15, -0.1) is 0 Å². The molecule has 4 unspecified atom stereocenters. The lowest BCUT2D eigenvalue weighted by Gasteiger charge is -2.51. The van der Waals surface area contributed by atoms with Crippen LogP contribution in [0, 0.1) is 16.7 Å². The molecule has 1 amide bonds. The van der Waals surface area contributed by atoms with Crippen LogP contribution in [0.3, 0.4) is 0 Å². The van der Waals surface area contributed by atoms with Crippen molar-refractivity contribution in [3.8, 4) is 6.07 Å². The minimum atomic E-state index is -1.77. The zero-order valence-corrected chi connectivity index (χ0v) is 22.2. The van der Waals surface area contributed by atoms with Crippen molar-refractivity contribution < 1.29 is 19.0 Å². The molecule has 10 nitrogen and oxygen atoms in total. The van der Waals surface area contributed by atoms with E-state index in [1.165, 1.54) is 10.9 Å². The lowest BCUT2D eigenvalue weighted by molar-refractivity contribution is -0.0635. The number of nitriles is 1. The van der Waals surface area contributed by atoms with Gasteiger partial charge in [-0.2, -0.15) is 10.4 Å². The molecule has 1 fully saturated rings. The van der Waals surface area contributed by atoms with Crippen LogP contribution >= 0.6 is 0 Å². The predicted octanol–water partition coefficient (Wildman–Crippen LogP) is 4.92. The molecule has 0 saturated carbocycles. The molecule has 3 N–H and O–H groups in total. The lowest BCUT2D eigenvalue weighted by Crippen LogP contribution is -2.65. The number of nitrogens with zero attached hydrogens (tertiary/aromatic N) is 4. The van der Waals surface area contributed by atoms with Gasteiger partial charge in [-0.1, -0.05) is 32.9 Å². The first-order valence-corrected chi connectivity index (χ1v) is 12.5. The molecule has 11 heteroatoms. The highest BCUT2D eigenvalue weighted by molar-refractivity contribution is 5.91. The number of hydrogen-bond donors (Lipinski definition) is 3. The fourth-order valence-corrected chi connectivity index (χ4v) is 5.40. The number of aromatic nitrogens is 3. The highest BCUT2D eigenvalue weighted by Gasteiger charge is 2.56. The Hall–Kier alpha value is -3.91. The van der Waals surface area contributed by atoms with Gasteiger partial charge in [0.05, 0.1) is 30.2 Å². The molecule has 1 saturated heterocycles. The molecule has 3 aromatic rings. The SMILES string of the molecule is COC(C)c1ccc(Nc2nn(C3(CC#N)CCN(C(=O)O)C(C(C)(C)C)C3F)c3cc[nH]c(=O)c23)cc1. The fourth-order valence-electron chi connectivity index (χ4n) is 5.40. The van der Waals surface area contributed by atoms with Crippen molar-refractivity contribution in [2.45, 2.75) is 64.4 Å². The molecule has 4 rings (SSSR count). The highest BCUT2D eigenvalue weighted by atomic mass is 19.1. The van der Waals surface area contributed by atoms with Gasteiger partial charge in [0, 0.05) is 25.5 Å². The summed E-state index contributed by atoms with van der Waals surface area (Å²) in [5.41, 5.74) is -0.678. The van der Waals surface area contributed by atoms with Crippen molar-refractivity contribution >= 4 is 28.5 Å². The molecule has 4 atom stereocenters. The number of hydrogen-bond acceptors (Lipinski definition) is 6. The molecule has 0 spiro atoms. The number of anilines is 2. The van der Waals surface area contributed by atoms with Crippen LogP contribution in [0.5, 0.6) is 0 Å². The van der Waals surface area contributed by atoms with E-state index in [4.69, 9.17) is 4.74 Å². The zero-order chi connectivity index (χ0) is 27.8. The maximum Gasteiger partial charge on any atom is 0.407 e. The molecule has 0 radical (unpaired) electrons. The van der Waals surface area contributed by atoms with Gasteiger partial charge in [-0.25, -0.2) is 9.18 Å². The van der Waals surface area contributed by atoms with Crippen molar-refractivity contribution in [1.29, 1.82) is 5.26 Å². The van der Waals surface area contributed by atoms with E-state index in [1.54, 1.807) is 33.9 Å². The van der Waals surface area contributed by atoms with Crippen LogP contribution in [-0.4, -0.2) is 56.7 Å². The number of alkyl halides is 1. The second kappa shape index (κ2) is 10.1. The highest BCUT2D eigenvalue weighted by Crippen LogP contribution is 2.46. The first kappa shape index (κ1) is 27.1. The lowest BCUT2D eigenvalue weighted by atomic mass is 9.71. The third-order valence-corrected chi connectivity index (χ3v) is 7.45. The normalized spacial score (nSPS) is 22.7. The number of carboxylic acid groups (broad SMARTS) is 1. The van der Waals surface area contributed by atoms with Gasteiger partial charge in [0.2, 0.25) is 0 Å². The number of carbonyl (C=O) groups is 1. The summed E-state index contributed by atoms with van der Waals surface area (Å²) in [5, 5.41) is 27.7. The Morgan fingerprint density at radius 1 is 1.37 bits per heavy atom. The van der Waals surface area contributed by atoms with Gasteiger partial charge < -0.3 is 25.0 Å². The average molecular weight is 525 g/mol. The number of rotatable bonds is 6. The summed E-state index contributed by atoms with van der Waals surface area (Å²) in [6, 6.07) is 10.1. The number of amides is 1. The monoisotopic (exact) mass is 524 g/mol. The summed E-state index contributed by atoms with van der Waals surface area (Å²) in [6.07, 6.45) is -1.85. The minimum Gasteiger partial charge on any atom is -0.465 e. The van der Waals surface area contributed by atoms with Crippen molar-refractivity contribution in [2.24, 2.45) is 5.41 Å². The Balaban J connectivity index is 1.86. The zero-order valence-electron chi connectivity index (χ0n) is 22.2. The first-order valence-electron chi connectivity index (χ1n) is 12.5. The van der Waals surface area contributed by atoms with Crippen LogP contribution in [0.4, 0.5) is 20.7 Å². The summed E-state index contributed by atoms with van der Waals surface area (Å²) in [6.45, 7) is 7.27. The van der Waals surface area contributed by atoms with Crippen molar-refractivity contribution in [2.75, 3.05) is 19.0 Å². The number of H-pyrrole nitrogens is 1. The van der Waals surface area contributed by atoms with Crippen molar-refractivity contribution in [3.63, 3.8) is 0 Å². The second-order valence-corrected chi connectivity index (χ2v) is 10.8. The van der Waals surface area contributed by atoms with Gasteiger partial charge in [0.25, 0.3) is 5.56 Å². The van der Waals surface area contributed by atoms with E-state index < -0.39 is 34.8 Å². The van der Waals surface area contributed by atoms with E-state index in [0.717, 1.165) is 10.5 Å². The number of methoxy groups -OCH3 is 1. The van der Waals surface area contributed by atoms with Crippen LogP contribution in [0.2, 0.25) is 0 Å². The van der Waals surface area contributed by atoms with E-state index in [-0.39, 0.29) is 36.7 Å². The smallest absolute Gasteiger partial charge is 0.407 e. The Kier molecular flexibility index (Phi) is 7.21. The summed E-state index contributed by atoms with van der Waals surface area (Å²) >= 11 is 0. The number of likely N-dealkylation sites (tertiary alicyclic amines) is 1. The van der Waals surface area contributed by atoms with E-state index >= 15 is 4.39 Å². The summed E-state index contributed by atoms with van der Waals surface area (Å²) in [4.78, 5) is 28.7. The Bertz CT molecular complexity index is 1420. The number of piperidine rings is 1. The number of nitrogens with one attached hydrogen (secondary N) is 2. The predicted molar refractivity (Wildman–Crippen MR) is 141 cm³/mol. The second-order valence-electron chi connectivity index (χ2n) is 10.8. The third-order valence-electron chi connectivity index (χ3n) is 7.45. The van der Waals surface area contributed by atoms with Crippen molar-refractivity contribution in [1.82, 2.24) is 19.7 Å². The van der Waals surface area contributed by atoms with E-state index in [0.29, 0.717) is 11.2 Å². The molecule has 202 valence electrons. The van der Waals surface area contributed by atoms with Crippen LogP contribution in [-0.2, 0) is 10.3 Å². The molecule has 1 aliphatic heterocycles. The van der Waals surface area contributed by atoms with Crippen LogP contribution in [0.25, 0.3) is 10.9 Å².